The summed E-state index contributed by atoms with van der Waals surface area (Å²) >= 11 is 0. The topological polar surface area (TPSA) is 72.8 Å². The lowest BCUT2D eigenvalue weighted by Gasteiger charge is -2.24. The molecule has 0 aromatic rings. The van der Waals surface area contributed by atoms with Crippen molar-refractivity contribution in [1.29, 1.82) is 0 Å². The molecule has 2 atom stereocenters. The number of hydrogen-bond acceptors (Lipinski definition) is 4. The SMILES string of the molecule is CCCCCCCCCCCCCCCCC(COP(=O)(O)OCC[N+](C)(C)C)CC(=O)CC. The number of hydrogen-bond donors (Lipinski definition) is 1. The Morgan fingerprint density at radius 1 is 0.794 bits per heavy atom. The van der Waals surface area contributed by atoms with Crippen molar-refractivity contribution in [3.05, 3.63) is 0 Å². The summed E-state index contributed by atoms with van der Waals surface area (Å²) in [5.74, 6) is 0.157. The van der Waals surface area contributed by atoms with Crippen LogP contribution in [0.25, 0.3) is 0 Å². The van der Waals surface area contributed by atoms with Gasteiger partial charge >= 0.3 is 7.82 Å². The lowest BCUT2D eigenvalue weighted by Crippen LogP contribution is -2.37. The number of unbranched alkanes of at least 4 members (excludes halogenated alkanes) is 13. The van der Waals surface area contributed by atoms with Gasteiger partial charge in [-0.25, -0.2) is 4.57 Å². The van der Waals surface area contributed by atoms with Gasteiger partial charge < -0.3 is 9.38 Å². The average molecular weight is 507 g/mol. The van der Waals surface area contributed by atoms with E-state index < -0.39 is 7.82 Å². The Labute approximate surface area is 211 Å². The molecule has 1 N–H and O–H groups in total. The first-order valence-corrected chi connectivity index (χ1v) is 15.5. The third-order valence-corrected chi connectivity index (χ3v) is 7.35. The fourth-order valence-electron chi connectivity index (χ4n) is 4.01. The Morgan fingerprint density at radius 3 is 1.71 bits per heavy atom. The predicted octanol–water partition coefficient (Wildman–Crippen LogP) is 7.68. The summed E-state index contributed by atoms with van der Waals surface area (Å²) in [4.78, 5) is 21.9. The molecule has 6 nitrogen and oxygen atoms in total. The molecule has 34 heavy (non-hydrogen) atoms. The smallest absolute Gasteiger partial charge is 0.329 e. The highest BCUT2D eigenvalue weighted by molar-refractivity contribution is 7.47. The molecule has 0 radical (unpaired) electrons. The number of likely N-dealkylation sites (N-methyl/N-ethyl adjacent to an activating group) is 1. The molecule has 0 rings (SSSR count). The van der Waals surface area contributed by atoms with Crippen LogP contribution in [0.3, 0.4) is 0 Å². The Bertz CT molecular complexity index is 536. The van der Waals surface area contributed by atoms with Crippen LogP contribution in [-0.4, -0.2) is 56.1 Å². The fourth-order valence-corrected chi connectivity index (χ4v) is 4.79. The summed E-state index contributed by atoms with van der Waals surface area (Å²) in [6.07, 6.45) is 20.1. The number of carbonyl (C=O) groups is 1. The molecule has 0 aliphatic carbocycles. The Balaban J connectivity index is 3.96. The second kappa shape index (κ2) is 20.9. The minimum atomic E-state index is -4.08. The van der Waals surface area contributed by atoms with Crippen LogP contribution in [0.1, 0.15) is 123 Å². The monoisotopic (exact) mass is 506 g/mol. The van der Waals surface area contributed by atoms with E-state index in [0.717, 1.165) is 19.3 Å². The molecule has 0 aromatic heterocycles. The van der Waals surface area contributed by atoms with E-state index in [2.05, 4.69) is 6.92 Å². The normalized spacial score (nSPS) is 14.8. The largest absolute Gasteiger partial charge is 0.472 e. The van der Waals surface area contributed by atoms with Crippen LogP contribution in [0.5, 0.6) is 0 Å². The maximum Gasteiger partial charge on any atom is 0.472 e. The molecule has 204 valence electrons. The first kappa shape index (κ1) is 33.7. The second-order valence-corrected chi connectivity index (χ2v) is 12.4. The number of Topliss-reactive ketones (excluding diaryl/α,β-unsaturated/α-hetero) is 1. The van der Waals surface area contributed by atoms with Crippen LogP contribution in [0, 0.1) is 5.92 Å². The molecular weight excluding hydrogens is 449 g/mol. The summed E-state index contributed by atoms with van der Waals surface area (Å²) in [6, 6.07) is 0. The Kier molecular flexibility index (Phi) is 20.7. The highest BCUT2D eigenvalue weighted by atomic mass is 31.2. The van der Waals surface area contributed by atoms with Gasteiger partial charge in [0.05, 0.1) is 27.7 Å². The quantitative estimate of drug-likeness (QED) is 0.0781. The van der Waals surface area contributed by atoms with Crippen LogP contribution < -0.4 is 0 Å². The van der Waals surface area contributed by atoms with Crippen molar-refractivity contribution in [2.75, 3.05) is 40.9 Å². The molecule has 0 heterocycles. The highest BCUT2D eigenvalue weighted by Gasteiger charge is 2.25. The van der Waals surface area contributed by atoms with Crippen LogP contribution in [-0.2, 0) is 18.4 Å². The van der Waals surface area contributed by atoms with Gasteiger partial charge in [-0.1, -0.05) is 104 Å². The fraction of sp³-hybridized carbons (Fsp3) is 0.963. The van der Waals surface area contributed by atoms with Crippen molar-refractivity contribution in [3.63, 3.8) is 0 Å². The number of phosphoric ester groups is 1. The molecule has 0 aromatic carbocycles. The van der Waals surface area contributed by atoms with Crippen LogP contribution in [0.15, 0.2) is 0 Å². The Morgan fingerprint density at radius 2 is 1.26 bits per heavy atom. The van der Waals surface area contributed by atoms with E-state index in [4.69, 9.17) is 9.05 Å². The number of carbonyl (C=O) groups excluding carboxylic acids is 1. The van der Waals surface area contributed by atoms with Crippen molar-refractivity contribution in [3.8, 4) is 0 Å². The molecule has 7 heteroatoms. The molecule has 2 unspecified atom stereocenters. The first-order chi connectivity index (χ1) is 16.1. The summed E-state index contributed by atoms with van der Waals surface area (Å²) in [5, 5.41) is 0. The minimum absolute atomic E-state index is 0.0211. The van der Waals surface area contributed by atoms with Crippen molar-refractivity contribution >= 4 is 13.6 Å². The van der Waals surface area contributed by atoms with Crippen molar-refractivity contribution in [2.24, 2.45) is 5.92 Å². The average Bonchev–Trinajstić information content (AvgIpc) is 2.76. The van der Waals surface area contributed by atoms with E-state index in [0.29, 0.717) is 23.9 Å². The molecule has 0 amide bonds. The van der Waals surface area contributed by atoms with Gasteiger partial charge in [0.15, 0.2) is 0 Å². The number of ketones is 1. The van der Waals surface area contributed by atoms with Crippen molar-refractivity contribution in [2.45, 2.75) is 123 Å². The second-order valence-electron chi connectivity index (χ2n) is 11.0. The van der Waals surface area contributed by atoms with Gasteiger partial charge in [0.25, 0.3) is 0 Å². The zero-order valence-corrected chi connectivity index (χ0v) is 24.1. The van der Waals surface area contributed by atoms with Gasteiger partial charge in [-0.15, -0.1) is 0 Å². The summed E-state index contributed by atoms with van der Waals surface area (Å²) in [6.45, 7) is 5.00. The van der Waals surface area contributed by atoms with Gasteiger partial charge in [0.2, 0.25) is 0 Å². The third-order valence-electron chi connectivity index (χ3n) is 6.37. The molecule has 0 aliphatic heterocycles. The van der Waals surface area contributed by atoms with E-state index in [1.165, 1.54) is 77.0 Å². The predicted molar refractivity (Wildman–Crippen MR) is 143 cm³/mol. The van der Waals surface area contributed by atoms with Gasteiger partial charge in [-0.05, 0) is 12.3 Å². The summed E-state index contributed by atoms with van der Waals surface area (Å²) in [5.41, 5.74) is 0. The molecule has 0 spiro atoms. The minimum Gasteiger partial charge on any atom is -0.329 e. The summed E-state index contributed by atoms with van der Waals surface area (Å²) < 4.78 is 23.2. The molecule has 0 bridgehead atoms. The number of rotatable bonds is 25. The van der Waals surface area contributed by atoms with E-state index in [9.17, 15) is 14.3 Å². The van der Waals surface area contributed by atoms with Gasteiger partial charge in [-0.2, -0.15) is 0 Å². The molecule has 0 fully saturated rings. The van der Waals surface area contributed by atoms with Gasteiger partial charge in [-0.3, -0.25) is 13.8 Å². The maximum atomic E-state index is 12.2. The zero-order chi connectivity index (χ0) is 25.7. The molecule has 0 saturated carbocycles. The third kappa shape index (κ3) is 23.5. The first-order valence-electron chi connectivity index (χ1n) is 14.0. The number of phosphoric acid groups is 1. The molecule has 0 aliphatic rings. The van der Waals surface area contributed by atoms with Crippen LogP contribution in [0.4, 0.5) is 0 Å². The lowest BCUT2D eigenvalue weighted by atomic mass is 9.95. The molecular formula is C27H57NO5P+. The lowest BCUT2D eigenvalue weighted by molar-refractivity contribution is -0.870. The molecule has 0 saturated heterocycles. The van der Waals surface area contributed by atoms with E-state index in [-0.39, 0.29) is 24.9 Å². The Hall–Kier alpha value is -0.260. The summed E-state index contributed by atoms with van der Waals surface area (Å²) in [7, 11) is 1.91. The van der Waals surface area contributed by atoms with E-state index >= 15 is 0 Å². The number of nitrogens with zero attached hydrogens (tertiary/aromatic N) is 1. The van der Waals surface area contributed by atoms with Crippen molar-refractivity contribution in [1.82, 2.24) is 0 Å². The zero-order valence-electron chi connectivity index (χ0n) is 23.2. The van der Waals surface area contributed by atoms with Gasteiger partial charge in [0, 0.05) is 12.8 Å². The highest BCUT2D eigenvalue weighted by Crippen LogP contribution is 2.44. The maximum absolute atomic E-state index is 12.2. The van der Waals surface area contributed by atoms with E-state index in [1.54, 1.807) is 0 Å². The standard InChI is InChI=1S/C27H56NO5P/c1-6-8-9-10-11-12-13-14-15-16-17-18-19-20-21-26(24-27(29)7-2)25-33-34(30,31)32-23-22-28(3,4)5/h26H,6-25H2,1-5H3/p+1. The van der Waals surface area contributed by atoms with Crippen molar-refractivity contribution < 1.29 is 27.8 Å². The van der Waals surface area contributed by atoms with Crippen LogP contribution in [0.2, 0.25) is 0 Å². The van der Waals surface area contributed by atoms with Crippen LogP contribution >= 0.6 is 7.82 Å². The number of quaternary nitrogens is 1. The van der Waals surface area contributed by atoms with Gasteiger partial charge in [0.1, 0.15) is 18.9 Å². The van der Waals surface area contributed by atoms with E-state index in [1.807, 2.05) is 28.1 Å².